The molecule has 0 spiro atoms. The molecule has 0 bridgehead atoms. The molecule has 2 aromatic carbocycles. The van der Waals surface area contributed by atoms with E-state index in [1.54, 1.807) is 28.1 Å². The first-order valence-corrected chi connectivity index (χ1v) is 13.3. The molecular formula is C22H22IN5O3S. The number of carbonyl (C=O) groups excluding carboxylic acids is 1. The van der Waals surface area contributed by atoms with Crippen molar-refractivity contribution in [1.82, 2.24) is 14.1 Å². The number of hydrogen-bond acceptors (Lipinski definition) is 6. The molecule has 2 aliphatic heterocycles. The molecule has 0 aliphatic carbocycles. The molecule has 0 N–H and O–H groups in total. The molecule has 0 aromatic heterocycles. The van der Waals surface area contributed by atoms with Gasteiger partial charge in [-0.3, -0.25) is 4.79 Å². The fraction of sp³-hybridized carbons (Fsp3) is 0.409. The third kappa shape index (κ3) is 4.09. The van der Waals surface area contributed by atoms with Crippen LogP contribution >= 0.6 is 22.6 Å². The largest absolute Gasteiger partial charge is 0.338 e. The maximum absolute atomic E-state index is 13.3. The van der Waals surface area contributed by atoms with Crippen LogP contribution in [0.5, 0.6) is 0 Å². The lowest BCUT2D eigenvalue weighted by Crippen LogP contribution is -2.48. The predicted octanol–water partition coefficient (Wildman–Crippen LogP) is 2.79. The van der Waals surface area contributed by atoms with Crippen molar-refractivity contribution in [1.29, 1.82) is 10.5 Å². The fourth-order valence-corrected chi connectivity index (χ4v) is 6.32. The fourth-order valence-electron chi connectivity index (χ4n) is 4.47. The van der Waals surface area contributed by atoms with Gasteiger partial charge in [0.05, 0.1) is 4.90 Å². The first kappa shape index (κ1) is 22.6. The van der Waals surface area contributed by atoms with Crippen molar-refractivity contribution in [2.45, 2.75) is 40.7 Å². The number of sulfonamides is 1. The van der Waals surface area contributed by atoms with E-state index in [9.17, 15) is 18.5 Å². The van der Waals surface area contributed by atoms with Crippen molar-refractivity contribution in [3.05, 3.63) is 42.0 Å². The predicted molar refractivity (Wildman–Crippen MR) is 127 cm³/mol. The van der Waals surface area contributed by atoms with Crippen molar-refractivity contribution in [3.8, 4) is 12.4 Å². The highest BCUT2D eigenvalue weighted by molar-refractivity contribution is 14.1. The molecule has 2 saturated heterocycles. The second-order valence-electron chi connectivity index (χ2n) is 8.03. The summed E-state index contributed by atoms with van der Waals surface area (Å²) in [5.41, 5.74) is 1.14. The van der Waals surface area contributed by atoms with E-state index >= 15 is 0 Å². The molecule has 2 fully saturated rings. The topological polar surface area (TPSA) is 109 Å². The highest BCUT2D eigenvalue weighted by Crippen LogP contribution is 2.29. The summed E-state index contributed by atoms with van der Waals surface area (Å²) in [5, 5.41) is 20.4. The Morgan fingerprint density at radius 3 is 2.38 bits per heavy atom. The molecular weight excluding hydrogens is 541 g/mol. The quantitative estimate of drug-likeness (QED) is 0.240. The minimum absolute atomic E-state index is 0.00218. The van der Waals surface area contributed by atoms with Crippen LogP contribution in [0.4, 0.5) is 0 Å². The summed E-state index contributed by atoms with van der Waals surface area (Å²) < 4.78 is 28.2. The SMILES string of the molecule is N#CN1CCC(N2CC[C@H](N(C#N)S(=O)(=O)c3ccc4cc(CI)ccc4c3)C2=O)CC1. The van der Waals surface area contributed by atoms with Gasteiger partial charge in [-0.25, -0.2) is 8.42 Å². The van der Waals surface area contributed by atoms with Gasteiger partial charge in [0.2, 0.25) is 5.91 Å². The van der Waals surface area contributed by atoms with E-state index in [4.69, 9.17) is 5.26 Å². The van der Waals surface area contributed by atoms with Crippen LogP contribution < -0.4 is 0 Å². The standard InChI is InChI=1S/C22H22IN5O3S/c23-13-16-1-2-18-12-20(4-3-17(18)11-16)32(30,31)28(15-25)21-7-10-27(22(21)29)19-5-8-26(14-24)9-6-19/h1-4,11-12,19,21H,5-10,13H2/t21-/m0/s1. The average molecular weight is 563 g/mol. The summed E-state index contributed by atoms with van der Waals surface area (Å²) in [6.45, 7) is 1.56. The first-order valence-electron chi connectivity index (χ1n) is 10.4. The van der Waals surface area contributed by atoms with Crippen LogP contribution in [0.25, 0.3) is 10.8 Å². The molecule has 10 heteroatoms. The lowest BCUT2D eigenvalue weighted by Gasteiger charge is -2.34. The van der Waals surface area contributed by atoms with Crippen LogP contribution in [0.3, 0.4) is 0 Å². The lowest BCUT2D eigenvalue weighted by molar-refractivity contribution is -0.133. The Balaban J connectivity index is 1.57. The molecule has 1 atom stereocenters. The number of likely N-dealkylation sites (tertiary alicyclic amines) is 2. The van der Waals surface area contributed by atoms with Gasteiger partial charge in [0, 0.05) is 30.1 Å². The van der Waals surface area contributed by atoms with Crippen LogP contribution in [0.1, 0.15) is 24.8 Å². The molecule has 2 aromatic rings. The van der Waals surface area contributed by atoms with Gasteiger partial charge >= 0.3 is 0 Å². The summed E-state index contributed by atoms with van der Waals surface area (Å²) in [4.78, 5) is 16.5. The first-order chi connectivity index (χ1) is 15.4. The molecule has 0 radical (unpaired) electrons. The Morgan fingerprint density at radius 1 is 1.03 bits per heavy atom. The summed E-state index contributed by atoms with van der Waals surface area (Å²) >= 11 is 2.27. The average Bonchev–Trinajstić information content (AvgIpc) is 3.19. The number of amides is 1. The highest BCUT2D eigenvalue weighted by atomic mass is 127. The molecule has 0 saturated carbocycles. The number of benzene rings is 2. The molecule has 2 aliphatic rings. The third-order valence-electron chi connectivity index (χ3n) is 6.23. The van der Waals surface area contributed by atoms with E-state index in [2.05, 4.69) is 28.8 Å². The minimum Gasteiger partial charge on any atom is -0.338 e. The van der Waals surface area contributed by atoms with Gasteiger partial charge in [-0.2, -0.15) is 14.8 Å². The molecule has 32 heavy (non-hydrogen) atoms. The third-order valence-corrected chi connectivity index (χ3v) is 8.81. The van der Waals surface area contributed by atoms with Gasteiger partial charge in [0.15, 0.2) is 12.4 Å². The number of hydrogen-bond donors (Lipinski definition) is 0. The number of alkyl halides is 1. The number of fused-ring (bicyclic) bond motifs is 1. The summed E-state index contributed by atoms with van der Waals surface area (Å²) in [6, 6.07) is 9.55. The molecule has 4 rings (SSSR count). The van der Waals surface area contributed by atoms with Gasteiger partial charge < -0.3 is 9.80 Å². The second kappa shape index (κ2) is 9.12. The van der Waals surface area contributed by atoms with E-state index in [1.165, 1.54) is 6.07 Å². The Bertz CT molecular complexity index is 1230. The van der Waals surface area contributed by atoms with Crippen LogP contribution in [-0.2, 0) is 19.2 Å². The normalized spacial score (nSPS) is 19.7. The number of piperidine rings is 1. The monoisotopic (exact) mass is 563 g/mol. The van der Waals surface area contributed by atoms with Gasteiger partial charge in [-0.15, -0.1) is 0 Å². The van der Waals surface area contributed by atoms with E-state index in [1.807, 2.05) is 18.2 Å². The van der Waals surface area contributed by atoms with Crippen LogP contribution in [-0.4, -0.2) is 60.1 Å². The van der Waals surface area contributed by atoms with Gasteiger partial charge in [0.25, 0.3) is 10.0 Å². The number of halogens is 1. The number of rotatable bonds is 5. The molecule has 0 unspecified atom stereocenters. The summed E-state index contributed by atoms with van der Waals surface area (Å²) in [5.74, 6) is -0.335. The van der Waals surface area contributed by atoms with E-state index in [0.717, 1.165) is 20.8 Å². The minimum atomic E-state index is -4.17. The molecule has 166 valence electrons. The Hall–Kier alpha value is -2.57. The zero-order chi connectivity index (χ0) is 22.9. The van der Waals surface area contributed by atoms with E-state index in [-0.39, 0.29) is 23.3 Å². The summed E-state index contributed by atoms with van der Waals surface area (Å²) in [6.07, 6.45) is 5.48. The zero-order valence-corrected chi connectivity index (χ0v) is 20.3. The zero-order valence-electron chi connectivity index (χ0n) is 17.3. The summed E-state index contributed by atoms with van der Waals surface area (Å²) in [7, 11) is -4.17. The van der Waals surface area contributed by atoms with Crippen LogP contribution in [0.2, 0.25) is 0 Å². The number of nitriles is 2. The van der Waals surface area contributed by atoms with Crippen molar-refractivity contribution in [2.75, 3.05) is 19.6 Å². The van der Waals surface area contributed by atoms with Gasteiger partial charge in [-0.1, -0.05) is 46.9 Å². The van der Waals surface area contributed by atoms with Crippen molar-refractivity contribution >= 4 is 49.3 Å². The molecule has 1 amide bonds. The number of nitrogens with zero attached hydrogens (tertiary/aromatic N) is 5. The maximum Gasteiger partial charge on any atom is 0.273 e. The van der Waals surface area contributed by atoms with Gasteiger partial charge in [0.1, 0.15) is 6.04 Å². The van der Waals surface area contributed by atoms with Crippen molar-refractivity contribution in [3.63, 3.8) is 0 Å². The smallest absolute Gasteiger partial charge is 0.273 e. The van der Waals surface area contributed by atoms with Crippen molar-refractivity contribution in [2.24, 2.45) is 0 Å². The second-order valence-corrected chi connectivity index (χ2v) is 10.6. The maximum atomic E-state index is 13.3. The molecule has 8 nitrogen and oxygen atoms in total. The molecule has 2 heterocycles. The Labute approximate surface area is 201 Å². The van der Waals surface area contributed by atoms with Gasteiger partial charge in [-0.05, 0) is 47.7 Å². The number of carbonyl (C=O) groups is 1. The highest BCUT2D eigenvalue weighted by Gasteiger charge is 2.44. The van der Waals surface area contributed by atoms with Crippen LogP contribution in [0.15, 0.2) is 41.3 Å². The van der Waals surface area contributed by atoms with Crippen LogP contribution in [0, 0.1) is 22.9 Å². The Morgan fingerprint density at radius 2 is 1.72 bits per heavy atom. The lowest BCUT2D eigenvalue weighted by atomic mass is 10.0. The Kier molecular flexibility index (Phi) is 6.45. The van der Waals surface area contributed by atoms with E-state index < -0.39 is 16.1 Å². The van der Waals surface area contributed by atoms with Crippen molar-refractivity contribution < 1.29 is 13.2 Å². The van der Waals surface area contributed by atoms with E-state index in [0.29, 0.717) is 36.8 Å².